The zero-order chi connectivity index (χ0) is 15.2. The van der Waals surface area contributed by atoms with E-state index in [2.05, 4.69) is 23.8 Å². The number of hydrogen-bond donors (Lipinski definition) is 0. The third-order valence-electron chi connectivity index (χ3n) is 3.58. The fourth-order valence-corrected chi connectivity index (χ4v) is 2.17. The van der Waals surface area contributed by atoms with E-state index in [0.29, 0.717) is 12.1 Å². The number of aromatic nitrogens is 2. The van der Waals surface area contributed by atoms with Gasteiger partial charge in [-0.15, -0.1) is 0 Å². The van der Waals surface area contributed by atoms with Gasteiger partial charge in [-0.25, -0.2) is 0 Å². The maximum absolute atomic E-state index is 12.8. The molecule has 0 N–H and O–H groups in total. The van der Waals surface area contributed by atoms with Crippen LogP contribution in [0.15, 0.2) is 43.0 Å². The van der Waals surface area contributed by atoms with Gasteiger partial charge in [0, 0.05) is 37.4 Å². The van der Waals surface area contributed by atoms with Gasteiger partial charge in [0.05, 0.1) is 5.56 Å². The molecule has 0 fully saturated rings. The van der Waals surface area contributed by atoms with Crippen LogP contribution in [0, 0.1) is 6.92 Å². The van der Waals surface area contributed by atoms with Gasteiger partial charge in [0.15, 0.2) is 0 Å². The summed E-state index contributed by atoms with van der Waals surface area (Å²) in [5.74, 6) is 0.0180. The van der Waals surface area contributed by atoms with Gasteiger partial charge in [0.25, 0.3) is 5.91 Å². The number of pyridine rings is 2. The molecule has 0 saturated heterocycles. The third-order valence-corrected chi connectivity index (χ3v) is 3.58. The Morgan fingerprint density at radius 1 is 1.29 bits per heavy atom. The Hall–Kier alpha value is -2.23. The van der Waals surface area contributed by atoms with Crippen LogP contribution in [0.3, 0.4) is 0 Å². The van der Waals surface area contributed by atoms with Gasteiger partial charge >= 0.3 is 0 Å². The van der Waals surface area contributed by atoms with Crippen molar-refractivity contribution in [3.05, 3.63) is 59.7 Å². The van der Waals surface area contributed by atoms with Crippen molar-refractivity contribution in [2.75, 3.05) is 0 Å². The number of nitrogens with zero attached hydrogens (tertiary/aromatic N) is 3. The molecule has 0 unspecified atom stereocenters. The maximum atomic E-state index is 12.8. The first-order valence-corrected chi connectivity index (χ1v) is 7.23. The first kappa shape index (κ1) is 15.2. The van der Waals surface area contributed by atoms with E-state index in [4.69, 9.17) is 0 Å². The third kappa shape index (κ3) is 3.88. The monoisotopic (exact) mass is 283 g/mol. The quantitative estimate of drug-likeness (QED) is 0.846. The van der Waals surface area contributed by atoms with Crippen LogP contribution < -0.4 is 0 Å². The highest BCUT2D eigenvalue weighted by molar-refractivity contribution is 5.94. The molecule has 2 aromatic rings. The Kier molecular flexibility index (Phi) is 5.04. The van der Waals surface area contributed by atoms with Crippen LogP contribution in [-0.2, 0) is 6.54 Å². The highest BCUT2D eigenvalue weighted by Crippen LogP contribution is 2.15. The second-order valence-electron chi connectivity index (χ2n) is 5.30. The van der Waals surface area contributed by atoms with Crippen molar-refractivity contribution in [3.63, 3.8) is 0 Å². The SMILES string of the molecule is CC[C@H](C)N(Cc1cccnc1)C(=O)c1cncc(C)c1. The van der Waals surface area contributed by atoms with Gasteiger partial charge in [-0.05, 0) is 43.5 Å². The molecule has 2 heterocycles. The number of rotatable bonds is 5. The number of amides is 1. The molecule has 4 heteroatoms. The van der Waals surface area contributed by atoms with Crippen LogP contribution in [0.4, 0.5) is 0 Å². The maximum Gasteiger partial charge on any atom is 0.255 e. The molecule has 0 radical (unpaired) electrons. The Balaban J connectivity index is 2.25. The fourth-order valence-electron chi connectivity index (χ4n) is 2.17. The van der Waals surface area contributed by atoms with Gasteiger partial charge in [-0.1, -0.05) is 13.0 Å². The summed E-state index contributed by atoms with van der Waals surface area (Å²) in [5, 5.41) is 0. The topological polar surface area (TPSA) is 46.1 Å². The number of carbonyl (C=O) groups is 1. The molecule has 21 heavy (non-hydrogen) atoms. The van der Waals surface area contributed by atoms with Crippen LogP contribution in [-0.4, -0.2) is 26.8 Å². The van der Waals surface area contributed by atoms with Crippen LogP contribution in [0.2, 0.25) is 0 Å². The van der Waals surface area contributed by atoms with Gasteiger partial charge < -0.3 is 4.90 Å². The van der Waals surface area contributed by atoms with E-state index in [9.17, 15) is 4.79 Å². The lowest BCUT2D eigenvalue weighted by molar-refractivity contribution is 0.0671. The van der Waals surface area contributed by atoms with E-state index < -0.39 is 0 Å². The van der Waals surface area contributed by atoms with Crippen molar-refractivity contribution < 1.29 is 4.79 Å². The standard InChI is InChI=1S/C17H21N3O/c1-4-14(3)20(12-15-6-5-7-18-10-15)17(21)16-8-13(2)9-19-11-16/h5-11,14H,4,12H2,1-3H3/t14-/m0/s1. The number of aryl methyl sites for hydroxylation is 1. The van der Waals surface area contributed by atoms with Crippen molar-refractivity contribution in [1.29, 1.82) is 0 Å². The zero-order valence-corrected chi connectivity index (χ0v) is 12.8. The smallest absolute Gasteiger partial charge is 0.255 e. The highest BCUT2D eigenvalue weighted by atomic mass is 16.2. The predicted molar refractivity (Wildman–Crippen MR) is 82.8 cm³/mol. The van der Waals surface area contributed by atoms with Crippen molar-refractivity contribution in [2.45, 2.75) is 39.8 Å². The Morgan fingerprint density at radius 2 is 2.10 bits per heavy atom. The summed E-state index contributed by atoms with van der Waals surface area (Å²) in [6.07, 6.45) is 7.84. The van der Waals surface area contributed by atoms with Gasteiger partial charge in [-0.3, -0.25) is 14.8 Å². The lowest BCUT2D eigenvalue weighted by atomic mass is 10.1. The average molecular weight is 283 g/mol. The molecule has 0 spiro atoms. The van der Waals surface area contributed by atoms with Crippen molar-refractivity contribution in [2.24, 2.45) is 0 Å². The Bertz CT molecular complexity index is 598. The second kappa shape index (κ2) is 6.97. The van der Waals surface area contributed by atoms with Crippen molar-refractivity contribution in [3.8, 4) is 0 Å². The van der Waals surface area contributed by atoms with E-state index in [-0.39, 0.29) is 11.9 Å². The van der Waals surface area contributed by atoms with Crippen LogP contribution in [0.25, 0.3) is 0 Å². The zero-order valence-electron chi connectivity index (χ0n) is 12.8. The molecule has 4 nitrogen and oxygen atoms in total. The minimum Gasteiger partial charge on any atom is -0.332 e. The van der Waals surface area contributed by atoms with Gasteiger partial charge in [-0.2, -0.15) is 0 Å². The van der Waals surface area contributed by atoms with Crippen LogP contribution >= 0.6 is 0 Å². The van der Waals surface area contributed by atoms with Crippen molar-refractivity contribution in [1.82, 2.24) is 14.9 Å². The summed E-state index contributed by atoms with van der Waals surface area (Å²) in [4.78, 5) is 22.9. The van der Waals surface area contributed by atoms with Crippen LogP contribution in [0.1, 0.15) is 41.8 Å². The van der Waals surface area contributed by atoms with E-state index in [1.54, 1.807) is 24.8 Å². The molecule has 0 saturated carbocycles. The van der Waals surface area contributed by atoms with Gasteiger partial charge in [0.1, 0.15) is 0 Å². The Morgan fingerprint density at radius 3 is 2.71 bits per heavy atom. The van der Waals surface area contributed by atoms with E-state index in [0.717, 1.165) is 17.5 Å². The van der Waals surface area contributed by atoms with Gasteiger partial charge in [0.2, 0.25) is 0 Å². The molecule has 1 amide bonds. The molecule has 2 rings (SSSR count). The summed E-state index contributed by atoms with van der Waals surface area (Å²) in [7, 11) is 0. The molecule has 110 valence electrons. The fraction of sp³-hybridized carbons (Fsp3) is 0.353. The molecule has 0 aliphatic rings. The minimum absolute atomic E-state index is 0.0180. The summed E-state index contributed by atoms with van der Waals surface area (Å²) in [6, 6.07) is 5.93. The Labute approximate surface area is 125 Å². The molecule has 1 atom stereocenters. The summed E-state index contributed by atoms with van der Waals surface area (Å²) < 4.78 is 0. The highest BCUT2D eigenvalue weighted by Gasteiger charge is 2.21. The molecule has 0 aromatic carbocycles. The number of carbonyl (C=O) groups excluding carboxylic acids is 1. The molecular weight excluding hydrogens is 262 g/mol. The summed E-state index contributed by atoms with van der Waals surface area (Å²) in [5.41, 5.74) is 2.66. The lowest BCUT2D eigenvalue weighted by Crippen LogP contribution is -2.37. The molecule has 0 aliphatic carbocycles. The molecule has 0 aliphatic heterocycles. The summed E-state index contributed by atoms with van der Waals surface area (Å²) in [6.45, 7) is 6.66. The van der Waals surface area contributed by atoms with E-state index >= 15 is 0 Å². The first-order valence-electron chi connectivity index (χ1n) is 7.23. The largest absolute Gasteiger partial charge is 0.332 e. The first-order chi connectivity index (χ1) is 10.1. The minimum atomic E-state index is 0.0180. The van der Waals surface area contributed by atoms with E-state index in [1.165, 1.54) is 0 Å². The number of hydrogen-bond acceptors (Lipinski definition) is 3. The second-order valence-corrected chi connectivity index (χ2v) is 5.30. The van der Waals surface area contributed by atoms with Crippen LogP contribution in [0.5, 0.6) is 0 Å². The average Bonchev–Trinajstić information content (AvgIpc) is 2.52. The van der Waals surface area contributed by atoms with Crippen molar-refractivity contribution >= 4 is 5.91 Å². The lowest BCUT2D eigenvalue weighted by Gasteiger charge is -2.28. The summed E-state index contributed by atoms with van der Waals surface area (Å²) >= 11 is 0. The van der Waals surface area contributed by atoms with E-state index in [1.807, 2.05) is 30.0 Å². The molecule has 2 aromatic heterocycles. The normalized spacial score (nSPS) is 12.0. The molecule has 0 bridgehead atoms. The molecular formula is C17H21N3O. The predicted octanol–water partition coefficient (Wildman–Crippen LogP) is 3.23.